The van der Waals surface area contributed by atoms with Crippen LogP contribution in [-0.2, 0) is 6.42 Å². The van der Waals surface area contributed by atoms with Crippen molar-refractivity contribution >= 4 is 23.2 Å². The Hall–Kier alpha value is -2.63. The van der Waals surface area contributed by atoms with Crippen LogP contribution in [0.15, 0.2) is 60.8 Å². The molecule has 1 amide bonds. The van der Waals surface area contributed by atoms with Crippen molar-refractivity contribution in [2.75, 3.05) is 11.9 Å². The summed E-state index contributed by atoms with van der Waals surface area (Å²) in [7, 11) is 0. The maximum Gasteiger partial charge on any atom is 0.276 e. The first-order chi connectivity index (χ1) is 11.7. The van der Waals surface area contributed by atoms with Gasteiger partial charge in [0, 0.05) is 18.5 Å². The van der Waals surface area contributed by atoms with Crippen LogP contribution >= 0.6 is 11.6 Å². The molecule has 24 heavy (non-hydrogen) atoms. The van der Waals surface area contributed by atoms with Crippen molar-refractivity contribution in [3.05, 3.63) is 77.1 Å². The van der Waals surface area contributed by atoms with Crippen molar-refractivity contribution in [1.82, 2.24) is 9.78 Å². The Bertz CT molecular complexity index is 843. The molecule has 0 aliphatic rings. The van der Waals surface area contributed by atoms with Gasteiger partial charge in [-0.25, -0.2) is 4.68 Å². The molecule has 0 radical (unpaired) electrons. The lowest BCUT2D eigenvalue weighted by molar-refractivity contribution is 0.102. The molecule has 0 bridgehead atoms. The van der Waals surface area contributed by atoms with Crippen molar-refractivity contribution in [2.45, 2.75) is 6.42 Å². The van der Waals surface area contributed by atoms with Gasteiger partial charge in [-0.3, -0.25) is 4.79 Å². The van der Waals surface area contributed by atoms with E-state index in [2.05, 4.69) is 10.4 Å². The number of amides is 1. The average molecular weight is 342 g/mol. The maximum absolute atomic E-state index is 12.3. The Morgan fingerprint density at radius 1 is 1.12 bits per heavy atom. The number of hydrogen-bond donors (Lipinski definition) is 2. The predicted molar refractivity (Wildman–Crippen MR) is 93.8 cm³/mol. The molecule has 3 aromatic rings. The highest BCUT2D eigenvalue weighted by Gasteiger charge is 2.11. The van der Waals surface area contributed by atoms with Gasteiger partial charge in [-0.2, -0.15) is 5.10 Å². The number of carbonyl (C=O) groups is 1. The third kappa shape index (κ3) is 3.64. The summed E-state index contributed by atoms with van der Waals surface area (Å²) >= 11 is 6.14. The second kappa shape index (κ2) is 7.29. The Morgan fingerprint density at radius 3 is 2.58 bits per heavy atom. The molecule has 2 aromatic carbocycles. The summed E-state index contributed by atoms with van der Waals surface area (Å²) in [4.78, 5) is 12.3. The Morgan fingerprint density at radius 2 is 1.88 bits per heavy atom. The first-order valence-electron chi connectivity index (χ1n) is 7.49. The number of carbonyl (C=O) groups excluding carboxylic acids is 1. The van der Waals surface area contributed by atoms with Gasteiger partial charge in [0.05, 0.1) is 10.7 Å². The number of hydrogen-bond acceptors (Lipinski definition) is 3. The molecule has 0 aliphatic carbocycles. The molecule has 0 unspecified atom stereocenters. The Labute approximate surface area is 144 Å². The maximum atomic E-state index is 12.3. The minimum absolute atomic E-state index is 0.102. The van der Waals surface area contributed by atoms with Crippen molar-refractivity contribution in [3.8, 4) is 5.69 Å². The van der Waals surface area contributed by atoms with E-state index in [-0.39, 0.29) is 12.5 Å². The molecule has 0 spiro atoms. The Balaban J connectivity index is 1.73. The number of aliphatic hydroxyl groups is 1. The van der Waals surface area contributed by atoms with Crippen molar-refractivity contribution in [2.24, 2.45) is 0 Å². The molecular formula is C18H16ClN3O2. The number of nitrogens with one attached hydrogen (secondary N) is 1. The number of aromatic nitrogens is 2. The van der Waals surface area contributed by atoms with Crippen LogP contribution in [0.2, 0.25) is 5.02 Å². The van der Waals surface area contributed by atoms with Crippen LogP contribution in [0, 0.1) is 0 Å². The van der Waals surface area contributed by atoms with Gasteiger partial charge in [0.2, 0.25) is 0 Å². The smallest absolute Gasteiger partial charge is 0.276 e. The van der Waals surface area contributed by atoms with E-state index in [1.807, 2.05) is 30.3 Å². The third-order valence-corrected chi connectivity index (χ3v) is 3.85. The number of aliphatic hydroxyl groups excluding tert-OH is 1. The SMILES string of the molecule is O=C(Nc1ccc(CCO)cc1)c1ccn(-c2ccccc2Cl)n1. The minimum atomic E-state index is -0.296. The number of anilines is 1. The van der Waals surface area contributed by atoms with Crippen molar-refractivity contribution in [3.63, 3.8) is 0 Å². The third-order valence-electron chi connectivity index (χ3n) is 3.53. The van der Waals surface area contributed by atoms with Gasteiger partial charge in [-0.15, -0.1) is 0 Å². The fourth-order valence-corrected chi connectivity index (χ4v) is 2.52. The molecule has 0 saturated heterocycles. The lowest BCUT2D eigenvalue weighted by Gasteiger charge is -2.05. The summed E-state index contributed by atoms with van der Waals surface area (Å²) in [5.74, 6) is -0.296. The van der Waals surface area contributed by atoms with E-state index in [0.29, 0.717) is 28.5 Å². The van der Waals surface area contributed by atoms with Crippen LogP contribution in [0.4, 0.5) is 5.69 Å². The fraction of sp³-hybridized carbons (Fsp3) is 0.111. The van der Waals surface area contributed by atoms with Gasteiger partial charge in [-0.05, 0) is 42.3 Å². The number of nitrogens with zero attached hydrogens (tertiary/aromatic N) is 2. The standard InChI is InChI=1S/C18H16ClN3O2/c19-15-3-1-2-4-17(15)22-11-9-16(21-22)18(24)20-14-7-5-13(6-8-14)10-12-23/h1-9,11,23H,10,12H2,(H,20,24). The van der Waals surface area contributed by atoms with E-state index in [9.17, 15) is 4.79 Å². The zero-order valence-electron chi connectivity index (χ0n) is 12.8. The zero-order valence-corrected chi connectivity index (χ0v) is 13.6. The van der Waals surface area contributed by atoms with E-state index in [4.69, 9.17) is 16.7 Å². The van der Waals surface area contributed by atoms with Crippen molar-refractivity contribution in [1.29, 1.82) is 0 Å². The van der Waals surface area contributed by atoms with Gasteiger partial charge in [0.25, 0.3) is 5.91 Å². The first kappa shape index (κ1) is 16.2. The van der Waals surface area contributed by atoms with E-state index in [1.54, 1.807) is 35.1 Å². The summed E-state index contributed by atoms with van der Waals surface area (Å²) in [6, 6.07) is 16.3. The molecule has 2 N–H and O–H groups in total. The molecular weight excluding hydrogens is 326 g/mol. The van der Waals surface area contributed by atoms with Crippen LogP contribution in [0.25, 0.3) is 5.69 Å². The fourth-order valence-electron chi connectivity index (χ4n) is 2.30. The van der Waals surface area contributed by atoms with Crippen LogP contribution in [0.5, 0.6) is 0 Å². The van der Waals surface area contributed by atoms with Gasteiger partial charge in [-0.1, -0.05) is 35.9 Å². The normalized spacial score (nSPS) is 10.6. The Kier molecular flexibility index (Phi) is 4.93. The molecule has 6 heteroatoms. The number of rotatable bonds is 5. The molecule has 5 nitrogen and oxygen atoms in total. The van der Waals surface area contributed by atoms with Gasteiger partial charge in [0.15, 0.2) is 5.69 Å². The number of benzene rings is 2. The molecule has 1 aromatic heterocycles. The quantitative estimate of drug-likeness (QED) is 0.748. The predicted octanol–water partition coefficient (Wildman–Crippen LogP) is 3.31. The molecule has 0 aliphatic heterocycles. The van der Waals surface area contributed by atoms with E-state index in [0.717, 1.165) is 5.56 Å². The molecule has 0 saturated carbocycles. The molecule has 0 atom stereocenters. The largest absolute Gasteiger partial charge is 0.396 e. The van der Waals surface area contributed by atoms with Crippen LogP contribution in [-0.4, -0.2) is 27.4 Å². The van der Waals surface area contributed by atoms with E-state index in [1.165, 1.54) is 0 Å². The number of para-hydroxylation sites is 1. The summed E-state index contributed by atoms with van der Waals surface area (Å²) in [6.07, 6.45) is 2.29. The lowest BCUT2D eigenvalue weighted by atomic mass is 10.1. The summed E-state index contributed by atoms with van der Waals surface area (Å²) in [5.41, 5.74) is 2.70. The van der Waals surface area contributed by atoms with E-state index < -0.39 is 0 Å². The van der Waals surface area contributed by atoms with Crippen LogP contribution < -0.4 is 5.32 Å². The van der Waals surface area contributed by atoms with Gasteiger partial charge < -0.3 is 10.4 Å². The van der Waals surface area contributed by atoms with Crippen molar-refractivity contribution < 1.29 is 9.90 Å². The zero-order chi connectivity index (χ0) is 16.9. The second-order valence-corrected chi connectivity index (χ2v) is 5.63. The molecule has 1 heterocycles. The lowest BCUT2D eigenvalue weighted by Crippen LogP contribution is -2.13. The molecule has 0 fully saturated rings. The molecule has 122 valence electrons. The topological polar surface area (TPSA) is 67.2 Å². The van der Waals surface area contributed by atoms with E-state index >= 15 is 0 Å². The second-order valence-electron chi connectivity index (χ2n) is 5.22. The van der Waals surface area contributed by atoms with Gasteiger partial charge >= 0.3 is 0 Å². The highest BCUT2D eigenvalue weighted by Crippen LogP contribution is 2.19. The highest BCUT2D eigenvalue weighted by molar-refractivity contribution is 6.32. The van der Waals surface area contributed by atoms with Crippen LogP contribution in [0.3, 0.4) is 0 Å². The monoisotopic (exact) mass is 341 g/mol. The number of halogens is 1. The summed E-state index contributed by atoms with van der Waals surface area (Å²) in [6.45, 7) is 0.102. The highest BCUT2D eigenvalue weighted by atomic mass is 35.5. The summed E-state index contributed by atoms with van der Waals surface area (Å²) in [5, 5.41) is 16.5. The average Bonchev–Trinajstić information content (AvgIpc) is 3.07. The molecule has 3 rings (SSSR count). The summed E-state index contributed by atoms with van der Waals surface area (Å²) < 4.78 is 1.57. The first-order valence-corrected chi connectivity index (χ1v) is 7.87. The van der Waals surface area contributed by atoms with Crippen LogP contribution in [0.1, 0.15) is 16.1 Å². The minimum Gasteiger partial charge on any atom is -0.396 e. The van der Waals surface area contributed by atoms with Gasteiger partial charge in [0.1, 0.15) is 0 Å².